The number of allylic oxidation sites excluding steroid dienone is 1. The van der Waals surface area contributed by atoms with E-state index in [4.69, 9.17) is 5.11 Å². The van der Waals surface area contributed by atoms with Gasteiger partial charge in [-0.15, -0.1) is 6.58 Å². The number of carbonyl (C=O) groups is 1. The summed E-state index contributed by atoms with van der Waals surface area (Å²) in [4.78, 5) is 13.0. The van der Waals surface area contributed by atoms with Crippen LogP contribution in [-0.2, 0) is 4.79 Å². The Morgan fingerprint density at radius 3 is 2.94 bits per heavy atom. The lowest BCUT2D eigenvalue weighted by atomic mass is 10.0. The van der Waals surface area contributed by atoms with Gasteiger partial charge in [-0.2, -0.15) is 0 Å². The Kier molecular flexibility index (Phi) is 6.94. The van der Waals surface area contributed by atoms with E-state index < -0.39 is 5.97 Å². The molecule has 98 valence electrons. The number of hydrogen-bond donors (Lipinski definition) is 1. The van der Waals surface area contributed by atoms with Crippen molar-refractivity contribution in [3.63, 3.8) is 0 Å². The minimum atomic E-state index is -0.659. The average Bonchev–Trinajstić information content (AvgIpc) is 2.74. The Balaban J connectivity index is 2.01. The summed E-state index contributed by atoms with van der Waals surface area (Å²) >= 11 is 0. The van der Waals surface area contributed by atoms with Gasteiger partial charge in [-0.05, 0) is 51.1 Å². The minimum Gasteiger partial charge on any atom is -0.481 e. The van der Waals surface area contributed by atoms with E-state index in [1.807, 2.05) is 6.08 Å². The van der Waals surface area contributed by atoms with Crippen molar-refractivity contribution in [2.45, 2.75) is 44.9 Å². The predicted octanol–water partition coefficient (Wildman–Crippen LogP) is 2.92. The van der Waals surface area contributed by atoms with Gasteiger partial charge in [0, 0.05) is 13.0 Å². The monoisotopic (exact) mass is 239 g/mol. The summed E-state index contributed by atoms with van der Waals surface area (Å²) in [6, 6.07) is 0. The van der Waals surface area contributed by atoms with Crippen LogP contribution in [-0.4, -0.2) is 35.6 Å². The minimum absolute atomic E-state index is 0.331. The van der Waals surface area contributed by atoms with Gasteiger partial charge in [0.25, 0.3) is 0 Å². The SMILES string of the molecule is C=CCCCCCN1CCC(CCC(=O)O)C1. The van der Waals surface area contributed by atoms with E-state index in [0.717, 1.165) is 25.9 Å². The van der Waals surface area contributed by atoms with E-state index in [1.54, 1.807) is 0 Å². The van der Waals surface area contributed by atoms with Crippen LogP contribution >= 0.6 is 0 Å². The van der Waals surface area contributed by atoms with E-state index in [2.05, 4.69) is 11.5 Å². The molecule has 1 fully saturated rings. The zero-order chi connectivity index (χ0) is 12.5. The van der Waals surface area contributed by atoms with Crippen molar-refractivity contribution in [3.8, 4) is 0 Å². The second kappa shape index (κ2) is 8.29. The number of hydrogen-bond acceptors (Lipinski definition) is 2. The number of aliphatic carboxylic acids is 1. The van der Waals surface area contributed by atoms with Crippen LogP contribution in [0.2, 0.25) is 0 Å². The molecule has 0 amide bonds. The standard InChI is InChI=1S/C14H25NO2/c1-2-3-4-5-6-10-15-11-9-13(12-15)7-8-14(16)17/h2,13H,1,3-12H2,(H,16,17). The van der Waals surface area contributed by atoms with Crippen LogP contribution in [0.25, 0.3) is 0 Å². The second-order valence-corrected chi connectivity index (χ2v) is 5.03. The maximum absolute atomic E-state index is 10.5. The molecule has 1 N–H and O–H groups in total. The molecule has 1 rings (SSSR count). The van der Waals surface area contributed by atoms with Crippen LogP contribution in [0.3, 0.4) is 0 Å². The van der Waals surface area contributed by atoms with Crippen molar-refractivity contribution in [3.05, 3.63) is 12.7 Å². The Morgan fingerprint density at radius 2 is 2.24 bits per heavy atom. The van der Waals surface area contributed by atoms with Crippen LogP contribution < -0.4 is 0 Å². The highest BCUT2D eigenvalue weighted by Crippen LogP contribution is 2.21. The molecule has 1 aliphatic rings. The van der Waals surface area contributed by atoms with Gasteiger partial charge < -0.3 is 10.0 Å². The van der Waals surface area contributed by atoms with Gasteiger partial charge in [0.1, 0.15) is 0 Å². The van der Waals surface area contributed by atoms with Crippen LogP contribution in [0, 0.1) is 5.92 Å². The summed E-state index contributed by atoms with van der Waals surface area (Å²) in [5.74, 6) is -0.0489. The highest BCUT2D eigenvalue weighted by atomic mass is 16.4. The predicted molar refractivity (Wildman–Crippen MR) is 70.1 cm³/mol. The molecule has 0 aromatic heterocycles. The average molecular weight is 239 g/mol. The molecule has 17 heavy (non-hydrogen) atoms. The maximum atomic E-state index is 10.5. The number of likely N-dealkylation sites (tertiary alicyclic amines) is 1. The first-order valence-corrected chi connectivity index (χ1v) is 6.77. The van der Waals surface area contributed by atoms with Crippen molar-refractivity contribution in [2.24, 2.45) is 5.92 Å². The number of nitrogens with zero attached hydrogens (tertiary/aromatic N) is 1. The molecule has 1 aliphatic heterocycles. The smallest absolute Gasteiger partial charge is 0.303 e. The Morgan fingerprint density at radius 1 is 1.41 bits per heavy atom. The molecule has 1 unspecified atom stereocenters. The van der Waals surface area contributed by atoms with Gasteiger partial charge >= 0.3 is 5.97 Å². The third-order valence-corrected chi connectivity index (χ3v) is 3.52. The van der Waals surface area contributed by atoms with Crippen LogP contribution in [0.1, 0.15) is 44.9 Å². The fourth-order valence-electron chi connectivity index (χ4n) is 2.48. The van der Waals surface area contributed by atoms with Gasteiger partial charge in [-0.25, -0.2) is 0 Å². The summed E-state index contributed by atoms with van der Waals surface area (Å²) in [5.41, 5.74) is 0. The maximum Gasteiger partial charge on any atom is 0.303 e. The van der Waals surface area contributed by atoms with E-state index in [-0.39, 0.29) is 0 Å². The van der Waals surface area contributed by atoms with Gasteiger partial charge in [-0.3, -0.25) is 4.79 Å². The van der Waals surface area contributed by atoms with Crippen LogP contribution in [0.5, 0.6) is 0 Å². The van der Waals surface area contributed by atoms with Crippen molar-refractivity contribution in [2.75, 3.05) is 19.6 Å². The highest BCUT2D eigenvalue weighted by molar-refractivity contribution is 5.66. The lowest BCUT2D eigenvalue weighted by molar-refractivity contribution is -0.137. The zero-order valence-corrected chi connectivity index (χ0v) is 10.7. The lowest BCUT2D eigenvalue weighted by Gasteiger charge is -2.15. The van der Waals surface area contributed by atoms with Crippen molar-refractivity contribution in [1.82, 2.24) is 4.90 Å². The van der Waals surface area contributed by atoms with Gasteiger partial charge in [0.15, 0.2) is 0 Å². The van der Waals surface area contributed by atoms with E-state index in [0.29, 0.717) is 12.3 Å². The molecule has 0 saturated carbocycles. The van der Waals surface area contributed by atoms with Crippen molar-refractivity contribution in [1.29, 1.82) is 0 Å². The molecule has 0 aromatic carbocycles. The summed E-state index contributed by atoms with van der Waals surface area (Å²) in [7, 11) is 0. The first-order chi connectivity index (χ1) is 8.22. The number of carboxylic acids is 1. The first-order valence-electron chi connectivity index (χ1n) is 6.77. The summed E-state index contributed by atoms with van der Waals surface area (Å²) in [5, 5.41) is 8.64. The third-order valence-electron chi connectivity index (χ3n) is 3.52. The summed E-state index contributed by atoms with van der Waals surface area (Å²) < 4.78 is 0. The van der Waals surface area contributed by atoms with Crippen LogP contribution in [0.15, 0.2) is 12.7 Å². The molecule has 0 bridgehead atoms. The second-order valence-electron chi connectivity index (χ2n) is 5.03. The van der Waals surface area contributed by atoms with Gasteiger partial charge in [-0.1, -0.05) is 12.5 Å². The molecule has 0 aliphatic carbocycles. The molecule has 1 saturated heterocycles. The van der Waals surface area contributed by atoms with E-state index >= 15 is 0 Å². The first kappa shape index (κ1) is 14.2. The summed E-state index contributed by atoms with van der Waals surface area (Å²) in [6.07, 6.45) is 9.26. The fourth-order valence-corrected chi connectivity index (χ4v) is 2.48. The molecule has 0 spiro atoms. The topological polar surface area (TPSA) is 40.5 Å². The molecule has 3 heteroatoms. The Hall–Kier alpha value is -0.830. The van der Waals surface area contributed by atoms with Crippen LogP contribution in [0.4, 0.5) is 0 Å². The number of carboxylic acid groups (broad SMARTS) is 1. The molecule has 1 heterocycles. The third kappa shape index (κ3) is 6.47. The number of unbranched alkanes of at least 4 members (excludes halogenated alkanes) is 3. The molecule has 1 atom stereocenters. The number of rotatable bonds is 9. The van der Waals surface area contributed by atoms with Gasteiger partial charge in [0.05, 0.1) is 0 Å². The molecular weight excluding hydrogens is 214 g/mol. The zero-order valence-electron chi connectivity index (χ0n) is 10.7. The summed E-state index contributed by atoms with van der Waals surface area (Å²) in [6.45, 7) is 7.17. The largest absolute Gasteiger partial charge is 0.481 e. The molecule has 0 radical (unpaired) electrons. The Labute approximate surface area is 105 Å². The highest BCUT2D eigenvalue weighted by Gasteiger charge is 2.22. The van der Waals surface area contributed by atoms with Gasteiger partial charge in [0.2, 0.25) is 0 Å². The van der Waals surface area contributed by atoms with Crippen molar-refractivity contribution < 1.29 is 9.90 Å². The Bertz CT molecular complexity index is 240. The lowest BCUT2D eigenvalue weighted by Crippen LogP contribution is -2.22. The quantitative estimate of drug-likeness (QED) is 0.497. The molecule has 0 aromatic rings. The molecular formula is C14H25NO2. The van der Waals surface area contributed by atoms with E-state index in [1.165, 1.54) is 32.2 Å². The molecule has 3 nitrogen and oxygen atoms in total. The van der Waals surface area contributed by atoms with Crippen molar-refractivity contribution >= 4 is 5.97 Å². The normalized spacial score (nSPS) is 20.6. The van der Waals surface area contributed by atoms with E-state index in [9.17, 15) is 4.79 Å². The fraction of sp³-hybridized carbons (Fsp3) is 0.786.